The molecule has 0 saturated carbocycles. The van der Waals surface area contributed by atoms with E-state index in [1.165, 1.54) is 180 Å². The average Bonchev–Trinajstić information content (AvgIpc) is 3.04. The van der Waals surface area contributed by atoms with Crippen molar-refractivity contribution in [3.8, 4) is 0 Å². The summed E-state index contributed by atoms with van der Waals surface area (Å²) in [5, 5.41) is 23.0. The zero-order valence-electron chi connectivity index (χ0n) is 30.7. The first-order chi connectivity index (χ1) is 22.2. The molecule has 0 saturated heterocycles. The molecule has 0 rings (SSSR count). The molecule has 0 aliphatic heterocycles. The summed E-state index contributed by atoms with van der Waals surface area (Å²) >= 11 is 0. The van der Waals surface area contributed by atoms with Crippen molar-refractivity contribution in [3.63, 3.8) is 0 Å². The Morgan fingerprint density at radius 2 is 0.822 bits per heavy atom. The van der Waals surface area contributed by atoms with Gasteiger partial charge in [-0.25, -0.2) is 0 Å². The molecule has 2 unspecified atom stereocenters. The van der Waals surface area contributed by atoms with E-state index in [-0.39, 0.29) is 12.5 Å². The number of nitrogens with one attached hydrogen (secondary N) is 1. The van der Waals surface area contributed by atoms with Gasteiger partial charge in [0.1, 0.15) is 0 Å². The summed E-state index contributed by atoms with van der Waals surface area (Å²) in [6.07, 6.45) is 45.9. The van der Waals surface area contributed by atoms with E-state index in [1.807, 2.05) is 6.08 Å². The molecule has 0 spiro atoms. The van der Waals surface area contributed by atoms with Crippen LogP contribution in [-0.4, -0.2) is 34.9 Å². The number of hydrogen-bond donors (Lipinski definition) is 3. The van der Waals surface area contributed by atoms with Gasteiger partial charge >= 0.3 is 0 Å². The highest BCUT2D eigenvalue weighted by Gasteiger charge is 2.17. The Balaban J connectivity index is 3.55. The largest absolute Gasteiger partial charge is 0.394 e. The van der Waals surface area contributed by atoms with Gasteiger partial charge in [0.25, 0.3) is 0 Å². The summed E-state index contributed by atoms with van der Waals surface area (Å²) in [4.78, 5) is 12.3. The van der Waals surface area contributed by atoms with Crippen LogP contribution in [0.2, 0.25) is 0 Å². The second-order valence-corrected chi connectivity index (χ2v) is 14.1. The molecule has 0 heterocycles. The molecule has 0 fully saturated rings. The summed E-state index contributed by atoms with van der Waals surface area (Å²) < 4.78 is 0. The van der Waals surface area contributed by atoms with E-state index in [4.69, 9.17) is 0 Å². The highest BCUT2D eigenvalue weighted by molar-refractivity contribution is 5.76. The van der Waals surface area contributed by atoms with Gasteiger partial charge in [-0.15, -0.1) is 0 Å². The van der Waals surface area contributed by atoms with Gasteiger partial charge in [-0.1, -0.05) is 212 Å². The van der Waals surface area contributed by atoms with Gasteiger partial charge in [0, 0.05) is 6.42 Å². The smallest absolute Gasteiger partial charge is 0.220 e. The van der Waals surface area contributed by atoms with Crippen LogP contribution in [0.3, 0.4) is 0 Å². The lowest BCUT2D eigenvalue weighted by Gasteiger charge is -2.20. The molecule has 0 bridgehead atoms. The van der Waals surface area contributed by atoms with Crippen LogP contribution in [0.15, 0.2) is 12.2 Å². The number of carbonyl (C=O) groups is 1. The fourth-order valence-corrected chi connectivity index (χ4v) is 6.35. The Bertz CT molecular complexity index is 608. The molecule has 4 heteroatoms. The topological polar surface area (TPSA) is 69.6 Å². The van der Waals surface area contributed by atoms with E-state index < -0.39 is 12.1 Å². The fraction of sp³-hybridized carbons (Fsp3) is 0.927. The lowest BCUT2D eigenvalue weighted by molar-refractivity contribution is -0.123. The van der Waals surface area contributed by atoms with Crippen molar-refractivity contribution in [2.24, 2.45) is 0 Å². The summed E-state index contributed by atoms with van der Waals surface area (Å²) in [5.74, 6) is -0.0607. The molecular weight excluding hydrogens is 554 g/mol. The van der Waals surface area contributed by atoms with Crippen LogP contribution in [-0.2, 0) is 4.79 Å². The first kappa shape index (κ1) is 44.1. The lowest BCUT2D eigenvalue weighted by Crippen LogP contribution is -2.45. The summed E-state index contributed by atoms with van der Waals surface area (Å²) in [6.45, 7) is 4.32. The second-order valence-electron chi connectivity index (χ2n) is 14.1. The van der Waals surface area contributed by atoms with E-state index in [0.29, 0.717) is 6.42 Å². The predicted octanol–water partition coefficient (Wildman–Crippen LogP) is 12.3. The van der Waals surface area contributed by atoms with Gasteiger partial charge in [0.15, 0.2) is 0 Å². The average molecular weight is 636 g/mol. The molecule has 0 radical (unpaired) electrons. The maximum absolute atomic E-state index is 12.3. The maximum atomic E-state index is 12.3. The highest BCUT2D eigenvalue weighted by Crippen LogP contribution is 2.15. The van der Waals surface area contributed by atoms with Crippen molar-refractivity contribution < 1.29 is 15.0 Å². The van der Waals surface area contributed by atoms with Crippen molar-refractivity contribution in [1.29, 1.82) is 0 Å². The van der Waals surface area contributed by atoms with Gasteiger partial charge in [-0.05, 0) is 19.3 Å². The number of rotatable bonds is 37. The third-order valence-corrected chi connectivity index (χ3v) is 9.52. The van der Waals surface area contributed by atoms with Gasteiger partial charge in [-0.3, -0.25) is 4.79 Å². The number of amides is 1. The van der Waals surface area contributed by atoms with Gasteiger partial charge in [0.2, 0.25) is 5.91 Å². The Labute approximate surface area is 282 Å². The molecule has 1 amide bonds. The third kappa shape index (κ3) is 34.3. The zero-order chi connectivity index (χ0) is 32.9. The van der Waals surface area contributed by atoms with E-state index in [1.54, 1.807) is 6.08 Å². The minimum Gasteiger partial charge on any atom is -0.394 e. The van der Waals surface area contributed by atoms with Gasteiger partial charge < -0.3 is 15.5 Å². The number of aliphatic hydroxyl groups excluding tert-OH is 2. The van der Waals surface area contributed by atoms with Crippen LogP contribution in [0.25, 0.3) is 0 Å². The van der Waals surface area contributed by atoms with Crippen LogP contribution in [0.4, 0.5) is 0 Å². The molecule has 0 aromatic rings. The maximum Gasteiger partial charge on any atom is 0.220 e. The number of carbonyl (C=O) groups excluding carboxylic acids is 1. The fourth-order valence-electron chi connectivity index (χ4n) is 6.35. The summed E-state index contributed by atoms with van der Waals surface area (Å²) in [6, 6.07) is -0.615. The molecule has 0 aliphatic carbocycles. The molecule has 0 aliphatic rings. The Morgan fingerprint density at radius 3 is 1.16 bits per heavy atom. The van der Waals surface area contributed by atoms with Crippen LogP contribution in [0.5, 0.6) is 0 Å². The van der Waals surface area contributed by atoms with E-state index >= 15 is 0 Å². The van der Waals surface area contributed by atoms with Crippen molar-refractivity contribution in [3.05, 3.63) is 12.2 Å². The molecule has 4 nitrogen and oxygen atoms in total. The number of aliphatic hydroxyl groups is 2. The Hall–Kier alpha value is -0.870. The second kappa shape index (κ2) is 37.6. The van der Waals surface area contributed by atoms with Crippen LogP contribution in [0, 0.1) is 0 Å². The van der Waals surface area contributed by atoms with Crippen molar-refractivity contribution in [2.45, 2.75) is 238 Å². The van der Waals surface area contributed by atoms with E-state index in [9.17, 15) is 15.0 Å². The van der Waals surface area contributed by atoms with Crippen molar-refractivity contribution in [1.82, 2.24) is 5.32 Å². The van der Waals surface area contributed by atoms with Crippen molar-refractivity contribution >= 4 is 5.91 Å². The number of unbranched alkanes of at least 4 members (excludes halogenated alkanes) is 30. The quantitative estimate of drug-likeness (QED) is 0.0470. The molecule has 0 aromatic carbocycles. The first-order valence-corrected chi connectivity index (χ1v) is 20.4. The third-order valence-electron chi connectivity index (χ3n) is 9.52. The molecule has 268 valence electrons. The predicted molar refractivity (Wildman–Crippen MR) is 198 cm³/mol. The molecule has 0 aromatic heterocycles. The van der Waals surface area contributed by atoms with Crippen LogP contribution >= 0.6 is 0 Å². The van der Waals surface area contributed by atoms with Gasteiger partial charge in [-0.2, -0.15) is 0 Å². The highest BCUT2D eigenvalue weighted by atomic mass is 16.3. The van der Waals surface area contributed by atoms with E-state index in [0.717, 1.165) is 25.7 Å². The summed E-state index contributed by atoms with van der Waals surface area (Å²) in [7, 11) is 0. The molecule has 45 heavy (non-hydrogen) atoms. The number of hydrogen-bond acceptors (Lipinski definition) is 3. The monoisotopic (exact) mass is 636 g/mol. The minimum absolute atomic E-state index is 0.0607. The number of allylic oxidation sites excluding steroid dienone is 1. The van der Waals surface area contributed by atoms with Gasteiger partial charge in [0.05, 0.1) is 18.8 Å². The standard InChI is InChI=1S/C41H81NO3/c1-3-5-7-9-11-13-15-17-19-21-23-25-27-29-31-33-35-37-41(45)42-39(38-43)40(44)36-34-32-30-28-26-24-22-20-18-16-14-12-10-8-6-4-2/h34,36,39-40,43-44H,3-33,35,37-38H2,1-2H3,(H,42,45)/b36-34+. The summed E-state index contributed by atoms with van der Waals surface area (Å²) in [5.41, 5.74) is 0. The normalized spacial score (nSPS) is 13.1. The molecule has 2 atom stereocenters. The first-order valence-electron chi connectivity index (χ1n) is 20.4. The zero-order valence-corrected chi connectivity index (χ0v) is 30.7. The molecular formula is C41H81NO3. The van der Waals surface area contributed by atoms with Crippen LogP contribution < -0.4 is 5.32 Å². The van der Waals surface area contributed by atoms with Crippen LogP contribution in [0.1, 0.15) is 226 Å². The SMILES string of the molecule is CCCCCCCCCCCCCCCC/C=C/C(O)C(CO)NC(=O)CCCCCCCCCCCCCCCCCCC. The van der Waals surface area contributed by atoms with Crippen molar-refractivity contribution in [2.75, 3.05) is 6.61 Å². The minimum atomic E-state index is -0.832. The Morgan fingerprint density at radius 1 is 0.511 bits per heavy atom. The molecule has 3 N–H and O–H groups in total. The Kier molecular flexibility index (Phi) is 36.9. The lowest BCUT2D eigenvalue weighted by atomic mass is 10.0. The van der Waals surface area contributed by atoms with E-state index in [2.05, 4.69) is 19.2 Å².